The molecule has 2 unspecified atom stereocenters. The number of rotatable bonds is 9. The van der Waals surface area contributed by atoms with Crippen molar-refractivity contribution in [2.45, 2.75) is 12.8 Å². The second kappa shape index (κ2) is 11.9. The molecule has 2 aliphatic rings. The molecule has 202 valence electrons. The minimum atomic E-state index is -0.225. The van der Waals surface area contributed by atoms with Gasteiger partial charge in [0.1, 0.15) is 19.3 Å². The molecular formula is C31H36N6O2. The maximum atomic E-state index is 12.8. The van der Waals surface area contributed by atoms with Gasteiger partial charge in [0.15, 0.2) is 0 Å². The second-order valence-corrected chi connectivity index (χ2v) is 11.0. The van der Waals surface area contributed by atoms with E-state index < -0.39 is 0 Å². The van der Waals surface area contributed by atoms with Gasteiger partial charge in [0.25, 0.3) is 0 Å². The summed E-state index contributed by atoms with van der Waals surface area (Å²) < 4.78 is 13.6. The largest absolute Gasteiger partial charge is 0.491 e. The first-order valence-electron chi connectivity index (χ1n) is 13.9. The van der Waals surface area contributed by atoms with Gasteiger partial charge in [0.05, 0.1) is 17.8 Å². The SMILES string of the molecule is [2H]C#Cc1cccc(Nc2ncnc3cc(OCC4CC5CN(C)CC5C4)c(NC(=O)/C=C/CN(C)C)cc23)c1. The van der Waals surface area contributed by atoms with Crippen molar-refractivity contribution in [3.8, 4) is 18.1 Å². The molecule has 8 nitrogen and oxygen atoms in total. The number of terminal acetylenes is 1. The van der Waals surface area contributed by atoms with Crippen LogP contribution >= 0.6 is 0 Å². The molecule has 1 saturated carbocycles. The van der Waals surface area contributed by atoms with E-state index in [2.05, 4.69) is 44.9 Å². The number of aromatic nitrogens is 2. The standard InChI is InChI=1S/C31H36N6O2/c1-5-21-8-6-9-25(14-21)34-31-26-15-28(35-30(38)10-7-11-36(2)3)29(16-27(26)32-20-33-31)39-19-22-12-23-17-37(4)18-24(23)13-22/h1,6-10,14-16,20,22-24H,11-13,17-19H2,2-4H3,(H,35,38)(H,32,33,34)/b10-7+/i1D. The lowest BCUT2D eigenvalue weighted by Crippen LogP contribution is -2.19. The number of likely N-dealkylation sites (N-methyl/N-ethyl adjacent to an activating group) is 1. The molecule has 2 aromatic carbocycles. The van der Waals surface area contributed by atoms with Gasteiger partial charge in [0, 0.05) is 48.4 Å². The van der Waals surface area contributed by atoms with Crippen molar-refractivity contribution in [3.05, 3.63) is 60.4 Å². The Bertz CT molecular complexity index is 1450. The van der Waals surface area contributed by atoms with E-state index >= 15 is 0 Å². The Balaban J connectivity index is 1.41. The fraction of sp³-hybridized carbons (Fsp3) is 0.387. The lowest BCUT2D eigenvalue weighted by atomic mass is 10.0. The Morgan fingerprint density at radius 3 is 2.85 bits per heavy atom. The number of hydrogen-bond donors (Lipinski definition) is 2. The van der Waals surface area contributed by atoms with Crippen LogP contribution in [-0.2, 0) is 4.79 Å². The third kappa shape index (κ3) is 6.56. The highest BCUT2D eigenvalue weighted by atomic mass is 16.5. The van der Waals surface area contributed by atoms with E-state index in [9.17, 15) is 4.79 Å². The molecule has 2 N–H and O–H groups in total. The number of fused-ring (bicyclic) bond motifs is 2. The Hall–Kier alpha value is -3.93. The average Bonchev–Trinajstić information content (AvgIpc) is 3.45. The van der Waals surface area contributed by atoms with Crippen LogP contribution in [0.15, 0.2) is 54.9 Å². The molecule has 0 spiro atoms. The highest BCUT2D eigenvalue weighted by Crippen LogP contribution is 2.42. The molecule has 2 fully saturated rings. The minimum Gasteiger partial charge on any atom is -0.491 e. The van der Waals surface area contributed by atoms with Gasteiger partial charge in [0.2, 0.25) is 5.91 Å². The molecule has 0 bridgehead atoms. The van der Waals surface area contributed by atoms with E-state index in [1.807, 2.05) is 61.5 Å². The third-order valence-corrected chi connectivity index (χ3v) is 7.51. The lowest BCUT2D eigenvalue weighted by molar-refractivity contribution is -0.111. The van der Waals surface area contributed by atoms with Crippen molar-refractivity contribution in [1.29, 1.82) is 0 Å². The number of benzene rings is 2. The summed E-state index contributed by atoms with van der Waals surface area (Å²) in [4.78, 5) is 26.2. The van der Waals surface area contributed by atoms with Gasteiger partial charge in [-0.05, 0) is 76.0 Å². The second-order valence-electron chi connectivity index (χ2n) is 11.0. The van der Waals surface area contributed by atoms with Crippen LogP contribution in [0.1, 0.15) is 19.8 Å². The number of nitrogens with one attached hydrogen (secondary N) is 2. The fourth-order valence-corrected chi connectivity index (χ4v) is 5.76. The van der Waals surface area contributed by atoms with E-state index in [1.165, 1.54) is 32.3 Å². The zero-order valence-corrected chi connectivity index (χ0v) is 22.8. The summed E-state index contributed by atoms with van der Waals surface area (Å²) in [6, 6.07) is 11.2. The summed E-state index contributed by atoms with van der Waals surface area (Å²) in [6.45, 7) is 3.62. The van der Waals surface area contributed by atoms with Crippen molar-refractivity contribution in [2.24, 2.45) is 17.8 Å². The van der Waals surface area contributed by atoms with Crippen molar-refractivity contribution >= 4 is 34.0 Å². The predicted molar refractivity (Wildman–Crippen MR) is 156 cm³/mol. The molecule has 1 saturated heterocycles. The Kier molecular flexibility index (Phi) is 7.70. The molecule has 39 heavy (non-hydrogen) atoms. The zero-order chi connectivity index (χ0) is 28.1. The first-order valence-corrected chi connectivity index (χ1v) is 13.4. The van der Waals surface area contributed by atoms with Gasteiger partial charge in [-0.2, -0.15) is 0 Å². The van der Waals surface area contributed by atoms with Gasteiger partial charge in [-0.1, -0.05) is 18.1 Å². The van der Waals surface area contributed by atoms with Crippen LogP contribution in [0.3, 0.4) is 0 Å². The quantitative estimate of drug-likeness (QED) is 0.317. The van der Waals surface area contributed by atoms with Gasteiger partial charge in [-0.3, -0.25) is 4.79 Å². The van der Waals surface area contributed by atoms with Gasteiger partial charge in [-0.15, -0.1) is 6.40 Å². The third-order valence-electron chi connectivity index (χ3n) is 7.51. The normalized spacial score (nSPS) is 21.0. The summed E-state index contributed by atoms with van der Waals surface area (Å²) in [7, 11) is 6.11. The number of ether oxygens (including phenoxy) is 1. The molecule has 0 radical (unpaired) electrons. The fourth-order valence-electron chi connectivity index (χ4n) is 5.76. The molecule has 1 aliphatic heterocycles. The summed E-state index contributed by atoms with van der Waals surface area (Å²) in [5, 5.41) is 7.10. The molecule has 1 amide bonds. The molecule has 8 heteroatoms. The molecule has 3 aromatic rings. The van der Waals surface area contributed by atoms with Crippen molar-refractivity contribution in [3.63, 3.8) is 0 Å². The first-order chi connectivity index (χ1) is 19.4. The monoisotopic (exact) mass is 525 g/mol. The van der Waals surface area contributed by atoms with Crippen LogP contribution < -0.4 is 15.4 Å². The van der Waals surface area contributed by atoms with E-state index in [1.54, 1.807) is 6.08 Å². The van der Waals surface area contributed by atoms with Gasteiger partial charge >= 0.3 is 0 Å². The van der Waals surface area contributed by atoms with Crippen LogP contribution in [0.5, 0.6) is 5.75 Å². The minimum absolute atomic E-state index is 0.225. The lowest BCUT2D eigenvalue weighted by Gasteiger charge is -2.18. The molecule has 5 rings (SSSR count). The number of hydrogen-bond acceptors (Lipinski definition) is 7. The van der Waals surface area contributed by atoms with Crippen LogP contribution in [0.2, 0.25) is 0 Å². The molecule has 2 heterocycles. The molecule has 2 atom stereocenters. The highest BCUT2D eigenvalue weighted by Gasteiger charge is 2.39. The number of nitrogens with zero attached hydrogens (tertiary/aromatic N) is 4. The Labute approximate surface area is 231 Å². The average molecular weight is 526 g/mol. The Morgan fingerprint density at radius 2 is 2.08 bits per heavy atom. The van der Waals surface area contributed by atoms with Crippen LogP contribution in [0.4, 0.5) is 17.2 Å². The smallest absolute Gasteiger partial charge is 0.248 e. The number of anilines is 3. The maximum Gasteiger partial charge on any atom is 0.248 e. The van der Waals surface area contributed by atoms with Crippen molar-refractivity contribution in [2.75, 3.05) is 58.0 Å². The van der Waals surface area contributed by atoms with Gasteiger partial charge in [-0.25, -0.2) is 9.97 Å². The van der Waals surface area contributed by atoms with Crippen molar-refractivity contribution < 1.29 is 10.9 Å². The van der Waals surface area contributed by atoms with Crippen LogP contribution in [-0.4, -0.2) is 73.1 Å². The maximum absolute atomic E-state index is 12.8. The number of carbonyl (C=O) groups is 1. The summed E-state index contributed by atoms with van der Waals surface area (Å²) >= 11 is 0. The van der Waals surface area contributed by atoms with Gasteiger partial charge < -0.3 is 25.2 Å². The van der Waals surface area contributed by atoms with Crippen LogP contribution in [0.25, 0.3) is 10.9 Å². The predicted octanol–water partition coefficient (Wildman–Crippen LogP) is 4.38. The first kappa shape index (κ1) is 25.4. The summed E-state index contributed by atoms with van der Waals surface area (Å²) in [5.41, 5.74) is 2.81. The number of carbonyl (C=O) groups excluding carboxylic acids is 1. The molecule has 1 aromatic heterocycles. The van der Waals surface area contributed by atoms with E-state index in [4.69, 9.17) is 6.11 Å². The van der Waals surface area contributed by atoms with Crippen LogP contribution in [0, 0.1) is 30.1 Å². The number of likely N-dealkylation sites (tertiary alicyclic amines) is 1. The highest BCUT2D eigenvalue weighted by molar-refractivity contribution is 6.03. The summed E-state index contributed by atoms with van der Waals surface area (Å²) in [5.74, 6) is 5.74. The van der Waals surface area contributed by atoms with E-state index in [0.717, 1.165) is 28.5 Å². The van der Waals surface area contributed by atoms with E-state index in [-0.39, 0.29) is 5.91 Å². The zero-order valence-electron chi connectivity index (χ0n) is 23.8. The summed E-state index contributed by atoms with van der Waals surface area (Å²) in [6.07, 6.45) is 9.42. The topological polar surface area (TPSA) is 82.6 Å². The molecular weight excluding hydrogens is 488 g/mol. The van der Waals surface area contributed by atoms with E-state index in [0.29, 0.717) is 41.8 Å². The molecule has 1 aliphatic carbocycles. The van der Waals surface area contributed by atoms with Crippen molar-refractivity contribution in [1.82, 2.24) is 19.8 Å². The Morgan fingerprint density at radius 1 is 1.26 bits per heavy atom. The number of amides is 1.